The number of amides is 1. The van der Waals surface area contributed by atoms with E-state index in [4.69, 9.17) is 13.9 Å². The maximum absolute atomic E-state index is 12.6. The maximum atomic E-state index is 12.6. The SMILES string of the molecule is O=C(Nc1nc2cc3c(cc2s1)OCCO3)c1coc2ccccc2c1=O. The Morgan fingerprint density at radius 2 is 1.89 bits per heavy atom. The van der Waals surface area contributed by atoms with Crippen molar-refractivity contribution in [2.45, 2.75) is 0 Å². The number of nitrogens with one attached hydrogen (secondary N) is 1. The van der Waals surface area contributed by atoms with Crippen LogP contribution in [0.4, 0.5) is 5.13 Å². The molecular formula is C19H12N2O5S. The summed E-state index contributed by atoms with van der Waals surface area (Å²) >= 11 is 1.29. The number of fused-ring (bicyclic) bond motifs is 3. The summed E-state index contributed by atoms with van der Waals surface area (Å²) in [7, 11) is 0. The van der Waals surface area contributed by atoms with Crippen molar-refractivity contribution in [3.63, 3.8) is 0 Å². The molecule has 8 heteroatoms. The average molecular weight is 380 g/mol. The van der Waals surface area contributed by atoms with Gasteiger partial charge in [-0.15, -0.1) is 0 Å². The lowest BCUT2D eigenvalue weighted by atomic mass is 10.1. The number of carbonyl (C=O) groups excluding carboxylic acids is 1. The second-order valence-electron chi connectivity index (χ2n) is 5.91. The van der Waals surface area contributed by atoms with Gasteiger partial charge in [-0.1, -0.05) is 23.5 Å². The van der Waals surface area contributed by atoms with Gasteiger partial charge in [-0.25, -0.2) is 4.98 Å². The molecule has 1 amide bonds. The molecule has 3 heterocycles. The van der Waals surface area contributed by atoms with Crippen LogP contribution < -0.4 is 20.2 Å². The van der Waals surface area contributed by atoms with Crippen molar-refractivity contribution >= 4 is 43.6 Å². The number of nitrogens with zero attached hydrogens (tertiary/aromatic N) is 1. The fourth-order valence-electron chi connectivity index (χ4n) is 2.92. The Balaban J connectivity index is 1.49. The Hall–Kier alpha value is -3.39. The predicted octanol–water partition coefficient (Wildman–Crippen LogP) is 3.43. The minimum absolute atomic E-state index is 0.0704. The summed E-state index contributed by atoms with van der Waals surface area (Å²) in [5, 5.41) is 3.41. The summed E-state index contributed by atoms with van der Waals surface area (Å²) in [6, 6.07) is 10.4. The van der Waals surface area contributed by atoms with Crippen LogP contribution in [0.1, 0.15) is 10.4 Å². The summed E-state index contributed by atoms with van der Waals surface area (Å²) in [5.74, 6) is 0.725. The van der Waals surface area contributed by atoms with Crippen molar-refractivity contribution in [3.05, 3.63) is 58.4 Å². The average Bonchev–Trinajstić information content (AvgIpc) is 3.07. The molecule has 0 bridgehead atoms. The number of ether oxygens (including phenoxy) is 2. The van der Waals surface area contributed by atoms with Crippen LogP contribution in [-0.4, -0.2) is 24.1 Å². The monoisotopic (exact) mass is 380 g/mol. The third kappa shape index (κ3) is 2.70. The molecule has 5 rings (SSSR count). The molecule has 0 aliphatic carbocycles. The summed E-state index contributed by atoms with van der Waals surface area (Å²) in [6.07, 6.45) is 1.17. The fourth-order valence-corrected chi connectivity index (χ4v) is 3.79. The van der Waals surface area contributed by atoms with Gasteiger partial charge >= 0.3 is 0 Å². The first-order chi connectivity index (χ1) is 13.2. The van der Waals surface area contributed by atoms with Crippen LogP contribution in [0, 0.1) is 0 Å². The molecule has 134 valence electrons. The molecule has 0 spiro atoms. The lowest BCUT2D eigenvalue weighted by molar-refractivity contribution is 0.102. The van der Waals surface area contributed by atoms with Crippen LogP contribution in [0.5, 0.6) is 11.5 Å². The van der Waals surface area contributed by atoms with E-state index in [9.17, 15) is 9.59 Å². The first-order valence-electron chi connectivity index (χ1n) is 8.21. The Bertz CT molecular complexity index is 1220. The molecule has 0 atom stereocenters. The number of rotatable bonds is 2. The zero-order chi connectivity index (χ0) is 18.4. The van der Waals surface area contributed by atoms with E-state index in [1.165, 1.54) is 17.6 Å². The molecule has 2 aromatic carbocycles. The van der Waals surface area contributed by atoms with E-state index in [-0.39, 0.29) is 11.0 Å². The number of thiazole rings is 1. The molecule has 0 saturated carbocycles. The highest BCUT2D eigenvalue weighted by atomic mass is 32.1. The lowest BCUT2D eigenvalue weighted by Gasteiger charge is -2.17. The highest BCUT2D eigenvalue weighted by molar-refractivity contribution is 7.22. The summed E-state index contributed by atoms with van der Waals surface area (Å²) in [5.41, 5.74) is 0.668. The van der Waals surface area contributed by atoms with Crippen LogP contribution in [-0.2, 0) is 0 Å². The second-order valence-corrected chi connectivity index (χ2v) is 6.94. The highest BCUT2D eigenvalue weighted by Crippen LogP contribution is 2.37. The number of para-hydroxylation sites is 1. The van der Waals surface area contributed by atoms with Gasteiger partial charge in [0.25, 0.3) is 5.91 Å². The summed E-state index contributed by atoms with van der Waals surface area (Å²) in [4.78, 5) is 29.5. The molecule has 1 N–H and O–H groups in total. The Morgan fingerprint density at radius 1 is 1.11 bits per heavy atom. The second kappa shape index (κ2) is 6.10. The van der Waals surface area contributed by atoms with Crippen molar-refractivity contribution in [3.8, 4) is 11.5 Å². The maximum Gasteiger partial charge on any atom is 0.264 e. The van der Waals surface area contributed by atoms with E-state index < -0.39 is 5.91 Å². The molecule has 1 aliphatic heterocycles. The van der Waals surface area contributed by atoms with Crippen molar-refractivity contribution in [2.75, 3.05) is 18.5 Å². The standard InChI is InChI=1S/C19H12N2O5S/c22-17-10-3-1-2-4-13(10)26-9-11(17)18(23)21-19-20-12-7-14-15(8-16(12)27-19)25-6-5-24-14/h1-4,7-9H,5-6H2,(H,20,21,23). The quantitative estimate of drug-likeness (QED) is 0.573. The molecule has 2 aromatic heterocycles. The van der Waals surface area contributed by atoms with Gasteiger partial charge in [0.2, 0.25) is 5.43 Å². The normalized spacial score (nSPS) is 13.0. The molecule has 0 fully saturated rings. The lowest BCUT2D eigenvalue weighted by Crippen LogP contribution is -2.21. The zero-order valence-corrected chi connectivity index (χ0v) is 14.7. The Morgan fingerprint density at radius 3 is 2.74 bits per heavy atom. The summed E-state index contributed by atoms with van der Waals surface area (Å²) in [6.45, 7) is 0.989. The molecular weight excluding hydrogens is 368 g/mol. The topological polar surface area (TPSA) is 90.7 Å². The van der Waals surface area contributed by atoms with Crippen LogP contribution in [0.25, 0.3) is 21.2 Å². The van der Waals surface area contributed by atoms with Gasteiger partial charge in [0.05, 0.1) is 15.6 Å². The van der Waals surface area contributed by atoms with Crippen LogP contribution in [0.2, 0.25) is 0 Å². The molecule has 27 heavy (non-hydrogen) atoms. The number of benzene rings is 2. The van der Waals surface area contributed by atoms with Crippen LogP contribution in [0.3, 0.4) is 0 Å². The third-order valence-electron chi connectivity index (χ3n) is 4.20. The first kappa shape index (κ1) is 15.8. The third-order valence-corrected chi connectivity index (χ3v) is 5.13. The van der Waals surface area contributed by atoms with E-state index in [0.29, 0.717) is 46.3 Å². The number of carbonyl (C=O) groups is 1. The van der Waals surface area contributed by atoms with Gasteiger partial charge in [0.1, 0.15) is 30.6 Å². The van der Waals surface area contributed by atoms with Gasteiger partial charge in [-0.05, 0) is 12.1 Å². The van der Waals surface area contributed by atoms with Gasteiger partial charge in [-0.3, -0.25) is 14.9 Å². The van der Waals surface area contributed by atoms with Crippen molar-refractivity contribution < 1.29 is 18.7 Å². The molecule has 1 aliphatic rings. The van der Waals surface area contributed by atoms with Crippen molar-refractivity contribution in [1.29, 1.82) is 0 Å². The molecule has 0 unspecified atom stereocenters. The number of aromatic nitrogens is 1. The van der Waals surface area contributed by atoms with E-state index in [2.05, 4.69) is 10.3 Å². The zero-order valence-electron chi connectivity index (χ0n) is 13.9. The van der Waals surface area contributed by atoms with Crippen molar-refractivity contribution in [1.82, 2.24) is 4.98 Å². The minimum atomic E-state index is -0.564. The number of anilines is 1. The fraction of sp³-hybridized carbons (Fsp3) is 0.105. The smallest absolute Gasteiger partial charge is 0.264 e. The van der Waals surface area contributed by atoms with Crippen molar-refractivity contribution in [2.24, 2.45) is 0 Å². The molecule has 0 radical (unpaired) electrons. The van der Waals surface area contributed by atoms with Gasteiger partial charge in [0.15, 0.2) is 16.6 Å². The van der Waals surface area contributed by atoms with E-state index >= 15 is 0 Å². The van der Waals surface area contributed by atoms with Crippen LogP contribution >= 0.6 is 11.3 Å². The van der Waals surface area contributed by atoms with E-state index in [1.54, 1.807) is 30.3 Å². The molecule has 4 aromatic rings. The van der Waals surface area contributed by atoms with Gasteiger partial charge in [0, 0.05) is 12.1 Å². The Labute approximate surface area is 156 Å². The van der Waals surface area contributed by atoms with E-state index in [0.717, 1.165) is 4.70 Å². The highest BCUT2D eigenvalue weighted by Gasteiger charge is 2.18. The number of hydrogen-bond acceptors (Lipinski definition) is 7. The minimum Gasteiger partial charge on any atom is -0.486 e. The number of hydrogen-bond donors (Lipinski definition) is 1. The van der Waals surface area contributed by atoms with Gasteiger partial charge < -0.3 is 13.9 Å². The van der Waals surface area contributed by atoms with Crippen LogP contribution in [0.15, 0.2) is 51.9 Å². The van der Waals surface area contributed by atoms with Gasteiger partial charge in [-0.2, -0.15) is 0 Å². The molecule has 0 saturated heterocycles. The molecule has 7 nitrogen and oxygen atoms in total. The first-order valence-corrected chi connectivity index (χ1v) is 9.03. The summed E-state index contributed by atoms with van der Waals surface area (Å²) < 4.78 is 17.4. The van der Waals surface area contributed by atoms with E-state index in [1.807, 2.05) is 6.07 Å². The Kier molecular flexibility index (Phi) is 3.58. The largest absolute Gasteiger partial charge is 0.486 e. The predicted molar refractivity (Wildman–Crippen MR) is 101 cm³/mol.